The fourth-order valence-corrected chi connectivity index (χ4v) is 4.35. The molecule has 1 atom stereocenters. The van der Waals surface area contributed by atoms with Gasteiger partial charge >= 0.3 is 12.1 Å². The summed E-state index contributed by atoms with van der Waals surface area (Å²) in [6.45, 7) is 9.92. The first-order chi connectivity index (χ1) is 19.3. The number of ether oxygens (including phenoxy) is 2. The topological polar surface area (TPSA) is 86.2 Å². The highest BCUT2D eigenvalue weighted by Crippen LogP contribution is 2.37. The highest BCUT2D eigenvalue weighted by molar-refractivity contribution is 5.93. The molecular formula is C31H33F3N4O3. The third-order valence-electron chi connectivity index (χ3n) is 6.57. The van der Waals surface area contributed by atoms with Crippen molar-refractivity contribution < 1.29 is 27.4 Å². The van der Waals surface area contributed by atoms with Gasteiger partial charge in [-0.15, -0.1) is 0 Å². The van der Waals surface area contributed by atoms with Gasteiger partial charge in [-0.3, -0.25) is 4.98 Å². The van der Waals surface area contributed by atoms with Crippen LogP contribution in [0.3, 0.4) is 0 Å². The maximum absolute atomic E-state index is 13.7. The predicted octanol–water partition coefficient (Wildman–Crippen LogP) is 7.47. The first kappa shape index (κ1) is 29.9. The van der Waals surface area contributed by atoms with Crippen molar-refractivity contribution >= 4 is 28.4 Å². The number of pyridine rings is 1. The number of halogens is 3. The second kappa shape index (κ2) is 11.8. The van der Waals surface area contributed by atoms with Crippen LogP contribution in [0.1, 0.15) is 51.6 Å². The van der Waals surface area contributed by atoms with Crippen LogP contribution in [0.4, 0.5) is 24.7 Å². The third kappa shape index (κ3) is 7.00. The van der Waals surface area contributed by atoms with Crippen LogP contribution in [0.2, 0.25) is 0 Å². The SMILES string of the molecule is COC(=O)C(OCc1nc(Nc2ccc(C(C)(C)C)cc2)c2ccc(-c3ncccc3C(F)(F)F)cc2n1)C(C)C. The number of carbonyl (C=O) groups is 1. The Bertz CT molecular complexity index is 1530. The average molecular weight is 567 g/mol. The Kier molecular flexibility index (Phi) is 8.63. The van der Waals surface area contributed by atoms with Crippen LogP contribution in [-0.4, -0.2) is 34.1 Å². The van der Waals surface area contributed by atoms with Crippen molar-refractivity contribution in [3.05, 3.63) is 77.7 Å². The van der Waals surface area contributed by atoms with E-state index in [0.717, 1.165) is 17.3 Å². The van der Waals surface area contributed by atoms with Gasteiger partial charge in [-0.05, 0) is 53.3 Å². The number of methoxy groups -OCH3 is 1. The number of hydrogen-bond donors (Lipinski definition) is 1. The molecule has 0 bridgehead atoms. The molecule has 4 aromatic rings. The minimum atomic E-state index is -4.57. The zero-order valence-corrected chi connectivity index (χ0v) is 23.8. The van der Waals surface area contributed by atoms with Gasteiger partial charge in [-0.25, -0.2) is 14.8 Å². The van der Waals surface area contributed by atoms with Crippen LogP contribution < -0.4 is 5.32 Å². The van der Waals surface area contributed by atoms with Gasteiger partial charge in [-0.2, -0.15) is 13.2 Å². The van der Waals surface area contributed by atoms with Crippen LogP contribution in [0, 0.1) is 5.92 Å². The van der Waals surface area contributed by atoms with Gasteiger partial charge in [0.2, 0.25) is 0 Å². The van der Waals surface area contributed by atoms with Crippen molar-refractivity contribution in [1.82, 2.24) is 15.0 Å². The van der Waals surface area contributed by atoms with Gasteiger partial charge in [0, 0.05) is 22.8 Å². The number of alkyl halides is 3. The Morgan fingerprint density at radius 2 is 1.71 bits per heavy atom. The number of carbonyl (C=O) groups excluding carboxylic acids is 1. The largest absolute Gasteiger partial charge is 0.467 e. The fraction of sp³-hybridized carbons (Fsp3) is 0.355. The van der Waals surface area contributed by atoms with Gasteiger partial charge in [0.15, 0.2) is 11.9 Å². The van der Waals surface area contributed by atoms with Crippen LogP contribution in [0.25, 0.3) is 22.2 Å². The second-order valence-corrected chi connectivity index (χ2v) is 11.1. The van der Waals surface area contributed by atoms with Crippen LogP contribution in [-0.2, 0) is 32.5 Å². The van der Waals surface area contributed by atoms with E-state index in [-0.39, 0.29) is 35.0 Å². The first-order valence-electron chi connectivity index (χ1n) is 13.2. The molecule has 0 saturated heterocycles. The molecule has 2 aromatic carbocycles. The van der Waals surface area contributed by atoms with Gasteiger partial charge in [0.05, 0.1) is 23.9 Å². The zero-order chi connectivity index (χ0) is 29.9. The van der Waals surface area contributed by atoms with E-state index in [4.69, 9.17) is 9.47 Å². The van der Waals surface area contributed by atoms with E-state index in [0.29, 0.717) is 16.7 Å². The second-order valence-electron chi connectivity index (χ2n) is 11.1. The van der Waals surface area contributed by atoms with Crippen molar-refractivity contribution in [2.75, 3.05) is 12.4 Å². The molecule has 0 aliphatic rings. The number of anilines is 2. The summed E-state index contributed by atoms with van der Waals surface area (Å²) >= 11 is 0. The number of hydrogen-bond acceptors (Lipinski definition) is 7. The van der Waals surface area contributed by atoms with Crippen molar-refractivity contribution in [1.29, 1.82) is 0 Å². The first-order valence-corrected chi connectivity index (χ1v) is 13.2. The molecule has 0 spiro atoms. The lowest BCUT2D eigenvalue weighted by molar-refractivity contribution is -0.158. The Balaban J connectivity index is 1.79. The molecule has 0 saturated carbocycles. The molecular weight excluding hydrogens is 533 g/mol. The molecule has 7 nitrogen and oxygen atoms in total. The standard InChI is InChI=1S/C31H33F3N4O3/c1-18(2)27(29(39)40-6)41-17-25-37-24-16-19(26-23(31(32,33)34)8-7-15-35-26)9-14-22(24)28(38-25)36-21-12-10-20(11-13-21)30(3,4)5/h7-16,18,27H,17H2,1-6H3,(H,36,37,38). The minimum Gasteiger partial charge on any atom is -0.467 e. The summed E-state index contributed by atoms with van der Waals surface area (Å²) < 4.78 is 51.9. The lowest BCUT2D eigenvalue weighted by Crippen LogP contribution is -2.31. The Morgan fingerprint density at radius 1 is 1.00 bits per heavy atom. The Morgan fingerprint density at radius 3 is 2.32 bits per heavy atom. The lowest BCUT2D eigenvalue weighted by Gasteiger charge is -2.20. The predicted molar refractivity (Wildman–Crippen MR) is 152 cm³/mol. The number of nitrogens with one attached hydrogen (secondary N) is 1. The number of nitrogens with zero attached hydrogens (tertiary/aromatic N) is 3. The molecule has 41 heavy (non-hydrogen) atoms. The maximum Gasteiger partial charge on any atom is 0.418 e. The normalized spacial score (nSPS) is 12.9. The number of esters is 1. The van der Waals surface area contributed by atoms with Gasteiger partial charge in [-0.1, -0.05) is 52.8 Å². The highest BCUT2D eigenvalue weighted by atomic mass is 19.4. The quantitative estimate of drug-likeness (QED) is 0.222. The van der Waals surface area contributed by atoms with Crippen LogP contribution >= 0.6 is 0 Å². The van der Waals surface area contributed by atoms with E-state index < -0.39 is 23.8 Å². The summed E-state index contributed by atoms with van der Waals surface area (Å²) in [5.41, 5.74) is 1.52. The van der Waals surface area contributed by atoms with E-state index in [9.17, 15) is 18.0 Å². The van der Waals surface area contributed by atoms with Crippen LogP contribution in [0.5, 0.6) is 0 Å². The molecule has 10 heteroatoms. The van der Waals surface area contributed by atoms with Gasteiger partial charge < -0.3 is 14.8 Å². The summed E-state index contributed by atoms with van der Waals surface area (Å²) in [6, 6.07) is 15.0. The molecule has 0 fully saturated rings. The maximum atomic E-state index is 13.7. The molecule has 0 aliphatic heterocycles. The van der Waals surface area contributed by atoms with E-state index in [1.807, 2.05) is 38.1 Å². The van der Waals surface area contributed by atoms with Crippen LogP contribution in [0.15, 0.2) is 60.8 Å². The summed E-state index contributed by atoms with van der Waals surface area (Å²) in [5, 5.41) is 3.90. The number of fused-ring (bicyclic) bond motifs is 1. The fourth-order valence-electron chi connectivity index (χ4n) is 4.35. The molecule has 0 radical (unpaired) electrons. The van der Waals surface area contributed by atoms with E-state index in [1.165, 1.54) is 19.4 Å². The van der Waals surface area contributed by atoms with E-state index >= 15 is 0 Å². The molecule has 1 unspecified atom stereocenters. The van der Waals surface area contributed by atoms with Gasteiger partial charge in [0.1, 0.15) is 12.4 Å². The molecule has 2 heterocycles. The summed E-state index contributed by atoms with van der Waals surface area (Å²) in [5.74, 6) is 0.00328. The zero-order valence-electron chi connectivity index (χ0n) is 23.8. The Hall–Kier alpha value is -4.05. The number of aromatic nitrogens is 3. The van der Waals surface area contributed by atoms with Crippen molar-refractivity contribution in [2.45, 2.75) is 58.9 Å². The van der Waals surface area contributed by atoms with Crippen molar-refractivity contribution in [2.24, 2.45) is 5.92 Å². The molecule has 1 N–H and O–H groups in total. The Labute approximate surface area is 237 Å². The number of benzene rings is 2. The van der Waals surface area contributed by atoms with E-state index in [1.54, 1.807) is 18.2 Å². The molecule has 4 rings (SSSR count). The molecule has 216 valence electrons. The smallest absolute Gasteiger partial charge is 0.418 e. The van der Waals surface area contributed by atoms with Gasteiger partial charge in [0.25, 0.3) is 0 Å². The summed E-state index contributed by atoms with van der Waals surface area (Å²) in [6.07, 6.45) is -4.09. The monoisotopic (exact) mass is 566 g/mol. The lowest BCUT2D eigenvalue weighted by atomic mass is 9.87. The van der Waals surface area contributed by atoms with Crippen molar-refractivity contribution in [3.63, 3.8) is 0 Å². The van der Waals surface area contributed by atoms with Crippen molar-refractivity contribution in [3.8, 4) is 11.3 Å². The third-order valence-corrected chi connectivity index (χ3v) is 6.57. The molecule has 2 aromatic heterocycles. The summed E-state index contributed by atoms with van der Waals surface area (Å²) in [4.78, 5) is 25.5. The highest BCUT2D eigenvalue weighted by Gasteiger charge is 2.34. The summed E-state index contributed by atoms with van der Waals surface area (Å²) in [7, 11) is 1.29. The molecule has 0 aliphatic carbocycles. The average Bonchev–Trinajstić information content (AvgIpc) is 2.92. The minimum absolute atomic E-state index is 0.0195. The van der Waals surface area contributed by atoms with E-state index in [2.05, 4.69) is 41.0 Å². The number of rotatable bonds is 8. The molecule has 0 amide bonds.